The monoisotopic (exact) mass is 297 g/mol. The Bertz CT molecular complexity index is 793. The summed E-state index contributed by atoms with van der Waals surface area (Å²) in [5, 5.41) is 12.7. The van der Waals surface area contributed by atoms with E-state index in [1.54, 1.807) is 12.1 Å². The smallest absolute Gasteiger partial charge is 0.255 e. The fraction of sp³-hybridized carbons (Fsp3) is 0.125. The number of H-pyrrole nitrogens is 1. The van der Waals surface area contributed by atoms with Crippen LogP contribution in [0.25, 0.3) is 11.0 Å². The van der Waals surface area contributed by atoms with Gasteiger partial charge in [-0.1, -0.05) is 18.2 Å². The molecule has 0 unspecified atom stereocenters. The number of carbonyl (C=O) groups excluding carboxylic acids is 1. The lowest BCUT2D eigenvalue weighted by Crippen LogP contribution is -2.23. The predicted octanol–water partition coefficient (Wildman–Crippen LogP) is 2.21. The number of aromatic amines is 1. The Morgan fingerprint density at radius 1 is 1.27 bits per heavy atom. The van der Waals surface area contributed by atoms with E-state index in [1.165, 1.54) is 13.2 Å². The number of methoxy groups -OCH3 is 1. The van der Waals surface area contributed by atoms with Crippen LogP contribution in [0.3, 0.4) is 0 Å². The SMILES string of the molecule is COc1cccc(C(=O)NCc2nc3ccccc3[nH]2)c1O. The van der Waals surface area contributed by atoms with E-state index >= 15 is 0 Å². The number of benzene rings is 2. The Kier molecular flexibility index (Phi) is 3.65. The van der Waals surface area contributed by atoms with Gasteiger partial charge in [0.15, 0.2) is 11.5 Å². The summed E-state index contributed by atoms with van der Waals surface area (Å²) in [4.78, 5) is 19.7. The van der Waals surface area contributed by atoms with Gasteiger partial charge >= 0.3 is 0 Å². The summed E-state index contributed by atoms with van der Waals surface area (Å²) in [5.74, 6) is 0.345. The number of carbonyl (C=O) groups is 1. The van der Waals surface area contributed by atoms with Crippen LogP contribution in [0, 0.1) is 0 Å². The van der Waals surface area contributed by atoms with Crippen LogP contribution in [0.15, 0.2) is 42.5 Å². The number of ether oxygens (including phenoxy) is 1. The van der Waals surface area contributed by atoms with Gasteiger partial charge in [0, 0.05) is 0 Å². The number of rotatable bonds is 4. The lowest BCUT2D eigenvalue weighted by atomic mass is 10.1. The van der Waals surface area contributed by atoms with Gasteiger partial charge in [-0.25, -0.2) is 4.98 Å². The van der Waals surface area contributed by atoms with E-state index in [2.05, 4.69) is 15.3 Å². The number of nitrogens with one attached hydrogen (secondary N) is 2. The number of imidazole rings is 1. The number of aromatic nitrogens is 2. The van der Waals surface area contributed by atoms with Gasteiger partial charge in [-0.2, -0.15) is 0 Å². The lowest BCUT2D eigenvalue weighted by Gasteiger charge is -2.08. The van der Waals surface area contributed by atoms with Crippen molar-refractivity contribution in [2.45, 2.75) is 6.54 Å². The van der Waals surface area contributed by atoms with Gasteiger partial charge in [-0.05, 0) is 24.3 Å². The molecule has 0 spiro atoms. The van der Waals surface area contributed by atoms with Crippen molar-refractivity contribution >= 4 is 16.9 Å². The first-order valence-corrected chi connectivity index (χ1v) is 6.77. The molecule has 0 bridgehead atoms. The van der Waals surface area contributed by atoms with Gasteiger partial charge in [0.1, 0.15) is 5.82 Å². The molecule has 3 N–H and O–H groups in total. The first-order valence-electron chi connectivity index (χ1n) is 6.77. The average Bonchev–Trinajstić information content (AvgIpc) is 2.95. The van der Waals surface area contributed by atoms with E-state index in [-0.39, 0.29) is 23.6 Å². The van der Waals surface area contributed by atoms with Crippen LogP contribution < -0.4 is 10.1 Å². The van der Waals surface area contributed by atoms with E-state index in [0.717, 1.165) is 11.0 Å². The van der Waals surface area contributed by atoms with Crippen molar-refractivity contribution in [1.82, 2.24) is 15.3 Å². The van der Waals surface area contributed by atoms with Gasteiger partial charge in [0.2, 0.25) is 0 Å². The summed E-state index contributed by atoms with van der Waals surface area (Å²) in [6.07, 6.45) is 0. The van der Waals surface area contributed by atoms with Gasteiger partial charge < -0.3 is 20.1 Å². The zero-order valence-corrected chi connectivity index (χ0v) is 12.0. The number of fused-ring (bicyclic) bond motifs is 1. The highest BCUT2D eigenvalue weighted by Crippen LogP contribution is 2.29. The van der Waals surface area contributed by atoms with Crippen molar-refractivity contribution in [2.24, 2.45) is 0 Å². The Labute approximate surface area is 126 Å². The number of phenolic OH excluding ortho intramolecular Hbond substituents is 1. The van der Waals surface area contributed by atoms with Crippen LogP contribution >= 0.6 is 0 Å². The maximum Gasteiger partial charge on any atom is 0.255 e. The molecule has 6 nitrogen and oxygen atoms in total. The minimum atomic E-state index is -0.392. The molecule has 1 amide bonds. The summed E-state index contributed by atoms with van der Waals surface area (Å²) < 4.78 is 4.99. The summed E-state index contributed by atoms with van der Waals surface area (Å²) in [7, 11) is 1.44. The van der Waals surface area contributed by atoms with Crippen molar-refractivity contribution in [2.75, 3.05) is 7.11 Å². The normalized spacial score (nSPS) is 10.6. The minimum Gasteiger partial charge on any atom is -0.504 e. The van der Waals surface area contributed by atoms with Gasteiger partial charge in [0.25, 0.3) is 5.91 Å². The molecular formula is C16H15N3O3. The molecule has 1 aromatic heterocycles. The van der Waals surface area contributed by atoms with E-state index in [4.69, 9.17) is 4.74 Å². The highest BCUT2D eigenvalue weighted by molar-refractivity contribution is 5.97. The van der Waals surface area contributed by atoms with Crippen LogP contribution in [0.4, 0.5) is 0 Å². The van der Waals surface area contributed by atoms with Crippen molar-refractivity contribution in [1.29, 1.82) is 0 Å². The fourth-order valence-corrected chi connectivity index (χ4v) is 2.22. The highest BCUT2D eigenvalue weighted by atomic mass is 16.5. The van der Waals surface area contributed by atoms with Crippen molar-refractivity contribution in [3.8, 4) is 11.5 Å². The second-order valence-corrected chi connectivity index (χ2v) is 4.74. The third-order valence-corrected chi connectivity index (χ3v) is 3.32. The quantitative estimate of drug-likeness (QED) is 0.689. The molecule has 0 saturated heterocycles. The zero-order chi connectivity index (χ0) is 15.5. The predicted molar refractivity (Wildman–Crippen MR) is 81.9 cm³/mol. The molecule has 0 fully saturated rings. The van der Waals surface area contributed by atoms with E-state index < -0.39 is 5.91 Å². The minimum absolute atomic E-state index is 0.162. The molecule has 2 aromatic carbocycles. The summed E-state index contributed by atoms with van der Waals surface area (Å²) >= 11 is 0. The number of hydrogen-bond acceptors (Lipinski definition) is 4. The first-order chi connectivity index (χ1) is 10.7. The second kappa shape index (κ2) is 5.77. The van der Waals surface area contributed by atoms with Crippen LogP contribution in [0.5, 0.6) is 11.5 Å². The molecule has 0 radical (unpaired) electrons. The molecule has 0 aliphatic heterocycles. The Morgan fingerprint density at radius 3 is 2.86 bits per heavy atom. The molecule has 0 aliphatic carbocycles. The van der Waals surface area contributed by atoms with Crippen molar-refractivity contribution in [3.63, 3.8) is 0 Å². The maximum absolute atomic E-state index is 12.2. The zero-order valence-electron chi connectivity index (χ0n) is 12.0. The van der Waals surface area contributed by atoms with Crippen molar-refractivity contribution < 1.29 is 14.6 Å². The molecule has 0 saturated carbocycles. The lowest BCUT2D eigenvalue weighted by molar-refractivity contribution is 0.0946. The second-order valence-electron chi connectivity index (χ2n) is 4.74. The first kappa shape index (κ1) is 13.9. The molecule has 1 heterocycles. The molecule has 3 aromatic rings. The van der Waals surface area contributed by atoms with Gasteiger partial charge in [-0.3, -0.25) is 4.79 Å². The van der Waals surface area contributed by atoms with Gasteiger partial charge in [-0.15, -0.1) is 0 Å². The van der Waals surface area contributed by atoms with Crippen LogP contribution in [-0.2, 0) is 6.54 Å². The highest BCUT2D eigenvalue weighted by Gasteiger charge is 2.14. The van der Waals surface area contributed by atoms with Gasteiger partial charge in [0.05, 0.1) is 30.3 Å². The number of hydrogen-bond donors (Lipinski definition) is 3. The topological polar surface area (TPSA) is 87.2 Å². The molecule has 3 rings (SSSR count). The molecule has 0 aliphatic rings. The van der Waals surface area contributed by atoms with E-state index in [1.807, 2.05) is 24.3 Å². The standard InChI is InChI=1S/C16H15N3O3/c1-22-13-8-4-5-10(15(13)20)16(21)17-9-14-18-11-6-2-3-7-12(11)19-14/h2-8,20H,9H2,1H3,(H,17,21)(H,18,19). The maximum atomic E-state index is 12.2. The molecule has 0 atom stereocenters. The largest absolute Gasteiger partial charge is 0.504 e. The van der Waals surface area contributed by atoms with Crippen LogP contribution in [0.1, 0.15) is 16.2 Å². The van der Waals surface area contributed by atoms with Crippen molar-refractivity contribution in [3.05, 3.63) is 53.9 Å². The van der Waals surface area contributed by atoms with Crippen LogP contribution in [-0.4, -0.2) is 28.1 Å². The van der Waals surface area contributed by atoms with E-state index in [9.17, 15) is 9.90 Å². The van der Waals surface area contributed by atoms with E-state index in [0.29, 0.717) is 5.82 Å². The molecule has 112 valence electrons. The summed E-state index contributed by atoms with van der Waals surface area (Å²) in [6.45, 7) is 0.240. The number of nitrogens with zero attached hydrogens (tertiary/aromatic N) is 1. The number of para-hydroxylation sites is 3. The number of aromatic hydroxyl groups is 1. The third-order valence-electron chi connectivity index (χ3n) is 3.32. The summed E-state index contributed by atoms with van der Waals surface area (Å²) in [6, 6.07) is 12.4. The molecule has 6 heteroatoms. The third kappa shape index (κ3) is 2.58. The fourth-order valence-electron chi connectivity index (χ4n) is 2.22. The Morgan fingerprint density at radius 2 is 2.09 bits per heavy atom. The Balaban J connectivity index is 1.74. The Hall–Kier alpha value is -3.02. The molecule has 22 heavy (non-hydrogen) atoms. The number of amides is 1. The van der Waals surface area contributed by atoms with Crippen LogP contribution in [0.2, 0.25) is 0 Å². The molecular weight excluding hydrogens is 282 g/mol. The average molecular weight is 297 g/mol. The summed E-state index contributed by atoms with van der Waals surface area (Å²) in [5.41, 5.74) is 1.92. The number of phenols is 1.